The van der Waals surface area contributed by atoms with Crippen LogP contribution in [-0.4, -0.2) is 80.3 Å². The first-order valence-corrected chi connectivity index (χ1v) is 19.4. The summed E-state index contributed by atoms with van der Waals surface area (Å²) in [5.74, 6) is -0.336. The Kier molecular flexibility index (Phi) is 21.5. The van der Waals surface area contributed by atoms with Gasteiger partial charge in [-0.2, -0.15) is 0 Å². The molecule has 0 aliphatic heterocycles. The highest BCUT2D eigenvalue weighted by atomic mass is 16.5. The van der Waals surface area contributed by atoms with Crippen molar-refractivity contribution in [3.8, 4) is 0 Å². The normalized spacial score (nSPS) is 24.5. The molecule has 5 N–H and O–H groups in total. The summed E-state index contributed by atoms with van der Waals surface area (Å²) in [6.45, 7) is 22.7. The Balaban J connectivity index is 0.00000743. The lowest BCUT2D eigenvalue weighted by atomic mass is 9.71. The molecule has 0 heterocycles. The molecule has 0 fully saturated rings. The lowest BCUT2D eigenvalue weighted by Gasteiger charge is -2.34. The van der Waals surface area contributed by atoms with Crippen molar-refractivity contribution in [1.82, 2.24) is 0 Å². The molecule has 7 atom stereocenters. The molecule has 0 saturated carbocycles. The van der Waals surface area contributed by atoms with Crippen molar-refractivity contribution in [1.29, 1.82) is 0 Å². The second kappa shape index (κ2) is 24.0. The van der Waals surface area contributed by atoms with Crippen molar-refractivity contribution in [3.05, 3.63) is 130 Å². The minimum Gasteiger partial charge on any atom is -0.391 e. The van der Waals surface area contributed by atoms with Crippen LogP contribution in [0.1, 0.15) is 95.9 Å². The predicted octanol–water partition coefficient (Wildman–Crippen LogP) is 8.03. The van der Waals surface area contributed by atoms with Crippen molar-refractivity contribution in [2.45, 2.75) is 133 Å². The molecular formula is C47H68O8. The third kappa shape index (κ3) is 16.1. The van der Waals surface area contributed by atoms with E-state index < -0.39 is 36.6 Å². The van der Waals surface area contributed by atoms with Crippen LogP contribution in [-0.2, 0) is 14.3 Å². The van der Waals surface area contributed by atoms with Crippen molar-refractivity contribution in [3.63, 3.8) is 0 Å². The molecule has 0 amide bonds. The quantitative estimate of drug-likeness (QED) is 0.0996. The van der Waals surface area contributed by atoms with E-state index in [4.69, 9.17) is 4.74 Å². The van der Waals surface area contributed by atoms with E-state index in [1.807, 2.05) is 134 Å². The Morgan fingerprint density at radius 3 is 1.73 bits per heavy atom. The van der Waals surface area contributed by atoms with Crippen LogP contribution in [0.3, 0.4) is 0 Å². The molecule has 8 heteroatoms. The zero-order valence-corrected chi connectivity index (χ0v) is 35.2. The molecule has 2 rings (SSSR count). The first-order chi connectivity index (χ1) is 25.8. The minimum atomic E-state index is -1.59. The van der Waals surface area contributed by atoms with Crippen LogP contribution in [0.2, 0.25) is 0 Å². The second-order valence-corrected chi connectivity index (χ2v) is 15.1. The minimum absolute atomic E-state index is 0.0304. The Labute approximate surface area is 330 Å². The maximum atomic E-state index is 13.0. The van der Waals surface area contributed by atoms with E-state index >= 15 is 0 Å². The number of aliphatic hydroxyl groups excluding tert-OH is 5. The van der Waals surface area contributed by atoms with Crippen LogP contribution >= 0.6 is 0 Å². The average Bonchev–Trinajstić information content (AvgIpc) is 3.12. The van der Waals surface area contributed by atoms with Crippen molar-refractivity contribution in [2.75, 3.05) is 6.61 Å². The van der Waals surface area contributed by atoms with Crippen LogP contribution in [0.25, 0.3) is 0 Å². The monoisotopic (exact) mass is 760 g/mol. The number of carbonyl (C=O) groups is 2. The van der Waals surface area contributed by atoms with Crippen molar-refractivity contribution in [2.24, 2.45) is 11.3 Å². The summed E-state index contributed by atoms with van der Waals surface area (Å²) in [7, 11) is 0. The lowest BCUT2D eigenvalue weighted by Crippen LogP contribution is -2.46. The first-order valence-electron chi connectivity index (χ1n) is 19.4. The number of Topliss-reactive ketones (excluding diaryl/α,β-unsaturated/α-hetero) is 2. The van der Waals surface area contributed by atoms with E-state index in [9.17, 15) is 35.1 Å². The Morgan fingerprint density at radius 1 is 0.745 bits per heavy atom. The molecule has 0 saturated heterocycles. The molecule has 2 aliphatic carbocycles. The molecule has 0 aromatic carbocycles. The summed E-state index contributed by atoms with van der Waals surface area (Å²) in [5.41, 5.74) is 7.10. The molecule has 2 aliphatic rings. The smallest absolute Gasteiger partial charge is 0.187 e. The number of aliphatic hydroxyl groups is 5. The molecule has 304 valence electrons. The van der Waals surface area contributed by atoms with Gasteiger partial charge in [0.05, 0.1) is 12.7 Å². The number of ether oxygens (including phenoxy) is 1. The van der Waals surface area contributed by atoms with E-state index in [0.717, 1.165) is 33.4 Å². The maximum Gasteiger partial charge on any atom is 0.187 e. The fourth-order valence-electron chi connectivity index (χ4n) is 6.27. The van der Waals surface area contributed by atoms with Crippen molar-refractivity contribution < 1.29 is 39.9 Å². The molecular weight excluding hydrogens is 693 g/mol. The van der Waals surface area contributed by atoms with Gasteiger partial charge in [0.25, 0.3) is 0 Å². The fraction of sp³-hybridized carbons (Fsp3) is 0.489. The van der Waals surface area contributed by atoms with Crippen LogP contribution in [0.5, 0.6) is 0 Å². The molecule has 8 nitrogen and oxygen atoms in total. The SMILES string of the molecule is CC.CC1=C(/C=C/C(C)=C/C=C/C(C)=C/C=C/C=C(C)/C=C/C=C(C)/C=C/C2=C(C)C(=O)C(O)CC2(C)C)C(C)CC(OCC(O)C(O)C(O)C(C)O)C1=O. The number of rotatable bonds is 16. The zero-order valence-electron chi connectivity index (χ0n) is 35.2. The predicted molar refractivity (Wildman–Crippen MR) is 225 cm³/mol. The van der Waals surface area contributed by atoms with Gasteiger partial charge in [0.1, 0.15) is 30.5 Å². The third-order valence-corrected chi connectivity index (χ3v) is 9.71. The van der Waals surface area contributed by atoms with Crippen LogP contribution in [0.15, 0.2) is 130 Å². The molecule has 0 bridgehead atoms. The van der Waals surface area contributed by atoms with E-state index in [-0.39, 0.29) is 29.5 Å². The van der Waals surface area contributed by atoms with Gasteiger partial charge >= 0.3 is 0 Å². The number of allylic oxidation sites excluding steroid dienone is 20. The summed E-state index contributed by atoms with van der Waals surface area (Å²) in [6.07, 6.45) is 21.4. The van der Waals surface area contributed by atoms with Gasteiger partial charge in [-0.1, -0.05) is 142 Å². The van der Waals surface area contributed by atoms with Gasteiger partial charge in [-0.05, 0) is 94.9 Å². The summed E-state index contributed by atoms with van der Waals surface area (Å²) in [4.78, 5) is 25.3. The summed E-state index contributed by atoms with van der Waals surface area (Å²) in [5, 5.41) is 49.4. The number of hydrogen-bond donors (Lipinski definition) is 5. The number of ketones is 2. The largest absolute Gasteiger partial charge is 0.391 e. The molecule has 0 spiro atoms. The number of carbonyl (C=O) groups excluding carboxylic acids is 2. The van der Waals surface area contributed by atoms with Crippen LogP contribution in [0, 0.1) is 11.3 Å². The highest BCUT2D eigenvalue weighted by molar-refractivity contribution is 6.01. The molecule has 55 heavy (non-hydrogen) atoms. The topological polar surface area (TPSA) is 145 Å². The highest BCUT2D eigenvalue weighted by Crippen LogP contribution is 2.39. The molecule has 0 aromatic rings. The van der Waals surface area contributed by atoms with Gasteiger partial charge in [-0.25, -0.2) is 0 Å². The van der Waals surface area contributed by atoms with Gasteiger partial charge in [-0.15, -0.1) is 0 Å². The molecule has 0 radical (unpaired) electrons. The molecule has 7 unspecified atom stereocenters. The standard InChI is InChI=1S/C45H62O8.C2H6/c1-28(15-11-12-16-29(2)18-14-20-31(4)22-24-37-34(7)41(49)38(47)26-45(37,9)10)17-13-19-30(3)21-23-36-32(5)25-40(42(50)33(36)6)53-27-39(48)44(52)43(51)35(8)46;1-2/h11-24,32,35,38-40,43-44,46-48,51-52H,25-27H2,1-10H3;1-2H3/b12-11+,17-13+,18-14+,23-21+,24-22+,28-15+,29-16+,30-19+,31-20+;. The zero-order chi connectivity index (χ0) is 42.0. The molecule has 0 aromatic heterocycles. The van der Waals surface area contributed by atoms with Crippen LogP contribution in [0.4, 0.5) is 0 Å². The van der Waals surface area contributed by atoms with E-state index in [1.54, 1.807) is 13.8 Å². The third-order valence-electron chi connectivity index (χ3n) is 9.71. The van der Waals surface area contributed by atoms with E-state index in [2.05, 4.69) is 13.8 Å². The fourth-order valence-corrected chi connectivity index (χ4v) is 6.27. The van der Waals surface area contributed by atoms with Gasteiger partial charge in [-0.3, -0.25) is 9.59 Å². The van der Waals surface area contributed by atoms with Gasteiger partial charge < -0.3 is 30.3 Å². The Morgan fingerprint density at radius 2 is 1.22 bits per heavy atom. The van der Waals surface area contributed by atoms with E-state index in [0.29, 0.717) is 24.0 Å². The van der Waals surface area contributed by atoms with E-state index in [1.165, 1.54) is 6.92 Å². The summed E-state index contributed by atoms with van der Waals surface area (Å²) >= 11 is 0. The Hall–Kier alpha value is -3.76. The van der Waals surface area contributed by atoms with Crippen LogP contribution < -0.4 is 0 Å². The van der Waals surface area contributed by atoms with Gasteiger partial charge in [0, 0.05) is 0 Å². The summed E-state index contributed by atoms with van der Waals surface area (Å²) in [6, 6.07) is 0. The Bertz CT molecular complexity index is 1650. The average molecular weight is 761 g/mol. The van der Waals surface area contributed by atoms with Crippen molar-refractivity contribution >= 4 is 11.6 Å². The first kappa shape index (κ1) is 49.3. The second-order valence-electron chi connectivity index (χ2n) is 15.1. The lowest BCUT2D eigenvalue weighted by molar-refractivity contribution is -0.141. The van der Waals surface area contributed by atoms with Gasteiger partial charge in [0.15, 0.2) is 11.6 Å². The summed E-state index contributed by atoms with van der Waals surface area (Å²) < 4.78 is 5.64. The maximum absolute atomic E-state index is 13.0. The highest BCUT2D eigenvalue weighted by Gasteiger charge is 2.37. The van der Waals surface area contributed by atoms with Gasteiger partial charge in [0.2, 0.25) is 0 Å². The number of hydrogen-bond acceptors (Lipinski definition) is 8.